The van der Waals surface area contributed by atoms with Gasteiger partial charge in [-0.2, -0.15) is 0 Å². The molecular weight excluding hydrogens is 348 g/mol. The second-order valence-electron chi connectivity index (χ2n) is 4.64. The van der Waals surface area contributed by atoms with Crippen molar-refractivity contribution in [3.63, 3.8) is 0 Å². The third-order valence-corrected chi connectivity index (χ3v) is 3.82. The number of amides is 1. The van der Waals surface area contributed by atoms with Crippen molar-refractivity contribution in [2.45, 2.75) is 6.92 Å². The lowest BCUT2D eigenvalue weighted by molar-refractivity contribution is -0.384. The van der Waals surface area contributed by atoms with E-state index >= 15 is 0 Å². The molecule has 1 amide bonds. The van der Waals surface area contributed by atoms with Crippen LogP contribution in [0.3, 0.4) is 0 Å². The first-order chi connectivity index (χ1) is 10.5. The molecule has 1 N–H and O–H groups in total. The number of rotatable bonds is 4. The molecule has 2 aromatic carbocycles. The highest BCUT2D eigenvalue weighted by atomic mass is 79.9. The summed E-state index contributed by atoms with van der Waals surface area (Å²) in [7, 11) is 0. The van der Waals surface area contributed by atoms with Gasteiger partial charge in [0.2, 0.25) is 5.91 Å². The van der Waals surface area contributed by atoms with Gasteiger partial charge in [0.25, 0.3) is 5.69 Å². The van der Waals surface area contributed by atoms with Crippen LogP contribution < -0.4 is 5.32 Å². The van der Waals surface area contributed by atoms with Gasteiger partial charge in [-0.3, -0.25) is 14.9 Å². The van der Waals surface area contributed by atoms with Gasteiger partial charge >= 0.3 is 0 Å². The zero-order valence-corrected chi connectivity index (χ0v) is 13.3. The SMILES string of the molecule is Cc1ccc(NC(=O)/C=C/c2ccc([N+](=O)[O-])cc2)cc1Br. The summed E-state index contributed by atoms with van der Waals surface area (Å²) in [6, 6.07) is 11.5. The highest BCUT2D eigenvalue weighted by molar-refractivity contribution is 9.10. The Kier molecular flexibility index (Phi) is 5.06. The van der Waals surface area contributed by atoms with E-state index in [1.165, 1.54) is 18.2 Å². The second kappa shape index (κ2) is 7.00. The fraction of sp³-hybridized carbons (Fsp3) is 0.0625. The number of aryl methyl sites for hydroxylation is 1. The summed E-state index contributed by atoms with van der Waals surface area (Å²) in [6.07, 6.45) is 2.98. The molecule has 0 aliphatic heterocycles. The van der Waals surface area contributed by atoms with Crippen molar-refractivity contribution in [1.29, 1.82) is 0 Å². The van der Waals surface area contributed by atoms with E-state index in [9.17, 15) is 14.9 Å². The molecule has 0 bridgehead atoms. The molecule has 0 heterocycles. The number of hydrogen-bond donors (Lipinski definition) is 1. The Morgan fingerprint density at radius 2 is 1.91 bits per heavy atom. The highest BCUT2D eigenvalue weighted by Gasteiger charge is 2.03. The van der Waals surface area contributed by atoms with E-state index in [0.717, 1.165) is 10.0 Å². The van der Waals surface area contributed by atoms with Crippen molar-refractivity contribution >= 4 is 39.3 Å². The van der Waals surface area contributed by atoms with Crippen molar-refractivity contribution in [1.82, 2.24) is 0 Å². The van der Waals surface area contributed by atoms with E-state index in [4.69, 9.17) is 0 Å². The van der Waals surface area contributed by atoms with E-state index in [1.54, 1.807) is 18.2 Å². The molecule has 0 aromatic heterocycles. The van der Waals surface area contributed by atoms with Gasteiger partial charge in [-0.1, -0.05) is 22.0 Å². The summed E-state index contributed by atoms with van der Waals surface area (Å²) in [5.41, 5.74) is 2.51. The van der Waals surface area contributed by atoms with Gasteiger partial charge in [-0.25, -0.2) is 0 Å². The molecule has 0 aliphatic rings. The fourth-order valence-electron chi connectivity index (χ4n) is 1.73. The summed E-state index contributed by atoms with van der Waals surface area (Å²) >= 11 is 3.41. The number of nitrogens with zero attached hydrogens (tertiary/aromatic N) is 1. The number of non-ortho nitro benzene ring substituents is 1. The molecule has 2 aromatic rings. The number of benzene rings is 2. The Labute approximate surface area is 135 Å². The van der Waals surface area contributed by atoms with Crippen LogP contribution >= 0.6 is 15.9 Å². The zero-order chi connectivity index (χ0) is 16.1. The summed E-state index contributed by atoms with van der Waals surface area (Å²) in [4.78, 5) is 21.9. The second-order valence-corrected chi connectivity index (χ2v) is 5.49. The van der Waals surface area contributed by atoms with Crippen molar-refractivity contribution in [3.8, 4) is 0 Å². The molecule has 5 nitrogen and oxygen atoms in total. The van der Waals surface area contributed by atoms with Gasteiger partial charge in [0.05, 0.1) is 4.92 Å². The van der Waals surface area contributed by atoms with Crippen LogP contribution in [-0.2, 0) is 4.79 Å². The summed E-state index contributed by atoms with van der Waals surface area (Å²) in [5.74, 6) is -0.269. The van der Waals surface area contributed by atoms with Crippen LogP contribution in [0.1, 0.15) is 11.1 Å². The van der Waals surface area contributed by atoms with Gasteiger partial charge in [0, 0.05) is 28.4 Å². The third kappa shape index (κ3) is 4.26. The Balaban J connectivity index is 2.01. The van der Waals surface area contributed by atoms with E-state index in [1.807, 2.05) is 25.1 Å². The van der Waals surface area contributed by atoms with Crippen molar-refractivity contribution < 1.29 is 9.72 Å². The zero-order valence-electron chi connectivity index (χ0n) is 11.7. The maximum absolute atomic E-state index is 11.8. The molecule has 0 aliphatic carbocycles. The first-order valence-electron chi connectivity index (χ1n) is 6.45. The van der Waals surface area contributed by atoms with Crippen molar-refractivity contribution in [3.05, 3.63) is 74.3 Å². The largest absolute Gasteiger partial charge is 0.322 e. The summed E-state index contributed by atoms with van der Waals surface area (Å²) in [6.45, 7) is 1.96. The van der Waals surface area contributed by atoms with Gasteiger partial charge < -0.3 is 5.32 Å². The van der Waals surface area contributed by atoms with Crippen LogP contribution in [-0.4, -0.2) is 10.8 Å². The smallest absolute Gasteiger partial charge is 0.269 e. The minimum Gasteiger partial charge on any atom is -0.322 e. The number of nitro benzene ring substituents is 1. The lowest BCUT2D eigenvalue weighted by Gasteiger charge is -2.04. The van der Waals surface area contributed by atoms with Gasteiger partial charge in [-0.15, -0.1) is 0 Å². The van der Waals surface area contributed by atoms with Crippen molar-refractivity contribution in [2.24, 2.45) is 0 Å². The standard InChI is InChI=1S/C16H13BrN2O3/c1-11-2-6-13(10-15(11)17)18-16(20)9-5-12-3-7-14(8-4-12)19(21)22/h2-10H,1H3,(H,18,20)/b9-5+. The van der Waals surface area contributed by atoms with E-state index in [0.29, 0.717) is 11.3 Å². The van der Waals surface area contributed by atoms with Crippen LogP contribution in [0.4, 0.5) is 11.4 Å². The molecule has 0 saturated carbocycles. The monoisotopic (exact) mass is 360 g/mol. The number of halogens is 1. The quantitative estimate of drug-likeness (QED) is 0.501. The summed E-state index contributed by atoms with van der Waals surface area (Å²) in [5, 5.41) is 13.3. The highest BCUT2D eigenvalue weighted by Crippen LogP contribution is 2.20. The lowest BCUT2D eigenvalue weighted by atomic mass is 10.2. The molecule has 0 unspecified atom stereocenters. The van der Waals surface area contributed by atoms with Crippen LogP contribution in [0, 0.1) is 17.0 Å². The summed E-state index contributed by atoms with van der Waals surface area (Å²) < 4.78 is 0.921. The number of nitrogens with one attached hydrogen (secondary N) is 1. The molecular formula is C16H13BrN2O3. The average Bonchev–Trinajstić information content (AvgIpc) is 2.49. The van der Waals surface area contributed by atoms with Gasteiger partial charge in [-0.05, 0) is 48.4 Å². The Morgan fingerprint density at radius 1 is 1.23 bits per heavy atom. The Bertz CT molecular complexity index is 740. The topological polar surface area (TPSA) is 72.2 Å². The third-order valence-electron chi connectivity index (χ3n) is 2.97. The molecule has 22 heavy (non-hydrogen) atoms. The van der Waals surface area contributed by atoms with Gasteiger partial charge in [0.1, 0.15) is 0 Å². The normalized spacial score (nSPS) is 10.6. The predicted molar refractivity (Wildman–Crippen MR) is 89.6 cm³/mol. The van der Waals surface area contributed by atoms with E-state index < -0.39 is 4.92 Å². The average molecular weight is 361 g/mol. The lowest BCUT2D eigenvalue weighted by Crippen LogP contribution is -2.07. The molecule has 6 heteroatoms. The molecule has 0 atom stereocenters. The minimum atomic E-state index is -0.463. The van der Waals surface area contributed by atoms with Crippen LogP contribution in [0.15, 0.2) is 53.0 Å². The molecule has 0 saturated heterocycles. The fourth-order valence-corrected chi connectivity index (χ4v) is 2.11. The number of nitro groups is 1. The van der Waals surface area contributed by atoms with Crippen LogP contribution in [0.25, 0.3) is 6.08 Å². The molecule has 0 radical (unpaired) electrons. The first kappa shape index (κ1) is 15.9. The van der Waals surface area contributed by atoms with Crippen molar-refractivity contribution in [2.75, 3.05) is 5.32 Å². The number of hydrogen-bond acceptors (Lipinski definition) is 3. The Morgan fingerprint density at radius 3 is 2.50 bits per heavy atom. The molecule has 0 spiro atoms. The van der Waals surface area contributed by atoms with Gasteiger partial charge in [0.15, 0.2) is 0 Å². The minimum absolute atomic E-state index is 0.0195. The molecule has 2 rings (SSSR count). The maximum atomic E-state index is 11.8. The van der Waals surface area contributed by atoms with Crippen LogP contribution in [0.2, 0.25) is 0 Å². The first-order valence-corrected chi connectivity index (χ1v) is 7.24. The van der Waals surface area contributed by atoms with E-state index in [2.05, 4.69) is 21.2 Å². The number of carbonyl (C=O) groups is 1. The number of carbonyl (C=O) groups excluding carboxylic acids is 1. The maximum Gasteiger partial charge on any atom is 0.269 e. The van der Waals surface area contributed by atoms with E-state index in [-0.39, 0.29) is 11.6 Å². The number of anilines is 1. The van der Waals surface area contributed by atoms with Crippen LogP contribution in [0.5, 0.6) is 0 Å². The molecule has 112 valence electrons. The Hall–Kier alpha value is -2.47. The molecule has 0 fully saturated rings. The predicted octanol–water partition coefficient (Wildman–Crippen LogP) is 4.32.